The van der Waals surface area contributed by atoms with Crippen LogP contribution in [0.3, 0.4) is 0 Å². The van der Waals surface area contributed by atoms with E-state index >= 15 is 0 Å². The first kappa shape index (κ1) is 18.3. The smallest absolute Gasteiger partial charge is 0.257 e. The molecule has 0 fully saturated rings. The average molecular weight is 328 g/mol. The maximum atomic E-state index is 12.0. The highest BCUT2D eigenvalue weighted by Crippen LogP contribution is 2.24. The number of hydrogen-bond acceptors (Lipinski definition) is 3. The molecule has 0 aliphatic rings. The van der Waals surface area contributed by atoms with E-state index in [1.165, 1.54) is 0 Å². The number of ether oxygens (including phenoxy) is 1. The first-order chi connectivity index (χ1) is 11.5. The van der Waals surface area contributed by atoms with E-state index in [2.05, 4.69) is 37.9 Å². The molecule has 0 saturated heterocycles. The van der Waals surface area contributed by atoms with Gasteiger partial charge in [0.1, 0.15) is 5.75 Å². The lowest BCUT2D eigenvalue weighted by atomic mass is 10.1. The molecule has 0 radical (unpaired) electrons. The summed E-state index contributed by atoms with van der Waals surface area (Å²) >= 11 is 0. The number of nitrogens with one attached hydrogen (secondary N) is 1. The van der Waals surface area contributed by atoms with Crippen molar-refractivity contribution < 1.29 is 9.53 Å². The highest BCUT2D eigenvalue weighted by atomic mass is 16.5. The fraction of sp³-hybridized carbons (Fsp3) is 0.450. The second-order valence-corrected chi connectivity index (χ2v) is 6.54. The lowest BCUT2D eigenvalue weighted by molar-refractivity contribution is -0.123. The van der Waals surface area contributed by atoms with E-state index < -0.39 is 0 Å². The lowest BCUT2D eigenvalue weighted by Gasteiger charge is -2.30. The molecule has 0 saturated carbocycles. The number of hydrogen-bond donors (Lipinski definition) is 1. The third-order valence-electron chi connectivity index (χ3n) is 4.13. The van der Waals surface area contributed by atoms with Crippen LogP contribution in [0.2, 0.25) is 0 Å². The van der Waals surface area contributed by atoms with Crippen LogP contribution in [0.15, 0.2) is 42.5 Å². The van der Waals surface area contributed by atoms with Crippen molar-refractivity contribution in [2.24, 2.45) is 0 Å². The molecule has 24 heavy (non-hydrogen) atoms. The summed E-state index contributed by atoms with van der Waals surface area (Å²) in [6.07, 6.45) is 0. The number of carbonyl (C=O) groups excluding carboxylic acids is 1. The van der Waals surface area contributed by atoms with E-state index in [-0.39, 0.29) is 12.5 Å². The SMILES string of the molecule is CC(C)N(CCNC(=O)COc1cccc2ccccc12)C(C)C. The molecule has 4 heteroatoms. The van der Waals surface area contributed by atoms with Crippen molar-refractivity contribution in [1.29, 1.82) is 0 Å². The number of carbonyl (C=O) groups is 1. The summed E-state index contributed by atoms with van der Waals surface area (Å²) in [7, 11) is 0. The van der Waals surface area contributed by atoms with Gasteiger partial charge in [0.25, 0.3) is 5.91 Å². The number of fused-ring (bicyclic) bond motifs is 1. The van der Waals surface area contributed by atoms with Gasteiger partial charge in [-0.3, -0.25) is 9.69 Å². The zero-order valence-electron chi connectivity index (χ0n) is 15.1. The largest absolute Gasteiger partial charge is 0.483 e. The van der Waals surface area contributed by atoms with E-state index in [4.69, 9.17) is 4.74 Å². The highest BCUT2D eigenvalue weighted by Gasteiger charge is 2.13. The minimum atomic E-state index is -0.0876. The van der Waals surface area contributed by atoms with Crippen LogP contribution < -0.4 is 10.1 Å². The molecule has 1 amide bonds. The Labute approximate surface area is 144 Å². The minimum absolute atomic E-state index is 0.0391. The van der Waals surface area contributed by atoms with Crippen LogP contribution >= 0.6 is 0 Å². The molecule has 0 atom stereocenters. The Hall–Kier alpha value is -2.07. The monoisotopic (exact) mass is 328 g/mol. The zero-order valence-corrected chi connectivity index (χ0v) is 15.1. The highest BCUT2D eigenvalue weighted by molar-refractivity contribution is 5.88. The van der Waals surface area contributed by atoms with Crippen LogP contribution in [0.1, 0.15) is 27.7 Å². The first-order valence-electron chi connectivity index (χ1n) is 8.62. The molecule has 0 aliphatic heterocycles. The predicted octanol–water partition coefficient (Wildman–Crippen LogP) is 3.45. The van der Waals surface area contributed by atoms with E-state index in [0.717, 1.165) is 23.1 Å². The molecule has 0 aliphatic carbocycles. The van der Waals surface area contributed by atoms with Crippen molar-refractivity contribution in [1.82, 2.24) is 10.2 Å². The Balaban J connectivity index is 1.83. The molecule has 0 aromatic heterocycles. The maximum Gasteiger partial charge on any atom is 0.257 e. The van der Waals surface area contributed by atoms with Gasteiger partial charge < -0.3 is 10.1 Å². The van der Waals surface area contributed by atoms with Gasteiger partial charge in [-0.2, -0.15) is 0 Å². The van der Waals surface area contributed by atoms with Crippen LogP contribution in [0.4, 0.5) is 0 Å². The third-order valence-corrected chi connectivity index (χ3v) is 4.13. The standard InChI is InChI=1S/C20H28N2O2/c1-15(2)22(16(3)4)13-12-21-20(23)14-24-19-11-7-9-17-8-5-6-10-18(17)19/h5-11,15-16H,12-14H2,1-4H3,(H,21,23). The second-order valence-electron chi connectivity index (χ2n) is 6.54. The Morgan fingerprint density at radius 3 is 2.42 bits per heavy atom. The quantitative estimate of drug-likeness (QED) is 0.807. The van der Waals surface area contributed by atoms with Crippen LogP contribution in [-0.2, 0) is 4.79 Å². The molecule has 2 rings (SSSR count). The van der Waals surface area contributed by atoms with Crippen molar-refractivity contribution in [2.75, 3.05) is 19.7 Å². The van der Waals surface area contributed by atoms with E-state index in [1.54, 1.807) is 0 Å². The summed E-state index contributed by atoms with van der Waals surface area (Å²) in [5, 5.41) is 5.07. The van der Waals surface area contributed by atoms with Gasteiger partial charge in [-0.25, -0.2) is 0 Å². The topological polar surface area (TPSA) is 41.6 Å². The summed E-state index contributed by atoms with van der Waals surface area (Å²) < 4.78 is 5.71. The van der Waals surface area contributed by atoms with Crippen molar-refractivity contribution in [3.63, 3.8) is 0 Å². The Kier molecular flexibility index (Phi) is 6.62. The van der Waals surface area contributed by atoms with Crippen LogP contribution in [-0.4, -0.2) is 42.6 Å². The second kappa shape index (κ2) is 8.69. The predicted molar refractivity (Wildman–Crippen MR) is 99.4 cm³/mol. The van der Waals surface area contributed by atoms with Gasteiger partial charge >= 0.3 is 0 Å². The number of nitrogens with zero attached hydrogens (tertiary/aromatic N) is 1. The molecule has 2 aromatic carbocycles. The van der Waals surface area contributed by atoms with Crippen molar-refractivity contribution in [3.05, 3.63) is 42.5 Å². The number of benzene rings is 2. The van der Waals surface area contributed by atoms with Crippen molar-refractivity contribution in [2.45, 2.75) is 39.8 Å². The van der Waals surface area contributed by atoms with Crippen molar-refractivity contribution in [3.8, 4) is 5.75 Å². The Bertz CT molecular complexity index is 654. The zero-order chi connectivity index (χ0) is 17.5. The molecule has 4 nitrogen and oxygen atoms in total. The number of amides is 1. The molecule has 2 aromatic rings. The molecule has 0 spiro atoms. The summed E-state index contributed by atoms with van der Waals surface area (Å²) in [6.45, 7) is 10.2. The molecule has 0 unspecified atom stereocenters. The Morgan fingerprint density at radius 2 is 1.71 bits per heavy atom. The van der Waals surface area contributed by atoms with Gasteiger partial charge in [0.2, 0.25) is 0 Å². The van der Waals surface area contributed by atoms with Gasteiger partial charge in [-0.1, -0.05) is 36.4 Å². The average Bonchev–Trinajstić information content (AvgIpc) is 2.56. The fourth-order valence-electron chi connectivity index (χ4n) is 2.95. The Morgan fingerprint density at radius 1 is 1.04 bits per heavy atom. The summed E-state index contributed by atoms with van der Waals surface area (Å²) in [6, 6.07) is 14.8. The van der Waals surface area contributed by atoms with Crippen LogP contribution in [0.25, 0.3) is 10.8 Å². The number of rotatable bonds is 8. The van der Waals surface area contributed by atoms with Crippen LogP contribution in [0.5, 0.6) is 5.75 Å². The van der Waals surface area contributed by atoms with Gasteiger partial charge in [0, 0.05) is 30.6 Å². The lowest BCUT2D eigenvalue weighted by Crippen LogP contribution is -2.43. The fourth-order valence-corrected chi connectivity index (χ4v) is 2.95. The first-order valence-corrected chi connectivity index (χ1v) is 8.62. The summed E-state index contributed by atoms with van der Waals surface area (Å²) in [5.41, 5.74) is 0. The molecular formula is C20H28N2O2. The molecule has 1 N–H and O–H groups in total. The molecule has 0 heterocycles. The van der Waals surface area contributed by atoms with Gasteiger partial charge in [0.15, 0.2) is 6.61 Å². The summed E-state index contributed by atoms with van der Waals surface area (Å²) in [5.74, 6) is 0.657. The summed E-state index contributed by atoms with van der Waals surface area (Å²) in [4.78, 5) is 14.4. The van der Waals surface area contributed by atoms with Gasteiger partial charge in [-0.15, -0.1) is 0 Å². The van der Waals surface area contributed by atoms with Gasteiger partial charge in [0.05, 0.1) is 0 Å². The van der Waals surface area contributed by atoms with Crippen LogP contribution in [0, 0.1) is 0 Å². The van der Waals surface area contributed by atoms with E-state index in [1.807, 2.05) is 42.5 Å². The van der Waals surface area contributed by atoms with E-state index in [0.29, 0.717) is 18.6 Å². The van der Waals surface area contributed by atoms with Crippen molar-refractivity contribution >= 4 is 16.7 Å². The van der Waals surface area contributed by atoms with E-state index in [9.17, 15) is 4.79 Å². The minimum Gasteiger partial charge on any atom is -0.483 e. The van der Waals surface area contributed by atoms with Gasteiger partial charge in [-0.05, 0) is 39.1 Å². The third kappa shape index (κ3) is 4.96. The molecule has 0 bridgehead atoms. The maximum absolute atomic E-state index is 12.0. The normalized spacial score (nSPS) is 11.5. The molecular weight excluding hydrogens is 300 g/mol. The molecule has 130 valence electrons.